The number of amides is 1. The lowest BCUT2D eigenvalue weighted by atomic mass is 9.77. The van der Waals surface area contributed by atoms with Crippen molar-refractivity contribution < 1.29 is 27.9 Å². The highest BCUT2D eigenvalue weighted by Gasteiger charge is 2.42. The second-order valence-corrected chi connectivity index (χ2v) is 8.12. The van der Waals surface area contributed by atoms with Crippen molar-refractivity contribution in [1.29, 1.82) is 0 Å². The van der Waals surface area contributed by atoms with Gasteiger partial charge < -0.3 is 14.7 Å². The molecular weight excluding hydrogens is 298 g/mol. The fourth-order valence-electron chi connectivity index (χ4n) is 2.99. The molecule has 1 saturated carbocycles. The Hall–Kier alpha value is -1.15. The first-order valence-electron chi connectivity index (χ1n) is 7.04. The molecule has 2 aliphatic rings. The van der Waals surface area contributed by atoms with Gasteiger partial charge in [-0.05, 0) is 25.7 Å². The molecule has 1 unspecified atom stereocenters. The summed E-state index contributed by atoms with van der Waals surface area (Å²) in [7, 11) is -1.62. The van der Waals surface area contributed by atoms with Gasteiger partial charge in [-0.2, -0.15) is 0 Å². The van der Waals surface area contributed by atoms with Gasteiger partial charge in [-0.1, -0.05) is 0 Å². The van der Waals surface area contributed by atoms with Gasteiger partial charge in [-0.25, -0.2) is 8.42 Å². The molecule has 2 fully saturated rings. The van der Waals surface area contributed by atoms with Crippen LogP contribution in [0, 0.1) is 0 Å². The zero-order chi connectivity index (χ0) is 15.7. The molecule has 1 atom stereocenters. The number of carbonyl (C=O) groups is 2. The molecule has 7 nitrogen and oxygen atoms in total. The molecule has 0 radical (unpaired) electrons. The maximum absolute atomic E-state index is 12.4. The van der Waals surface area contributed by atoms with Gasteiger partial charge in [0.1, 0.15) is 6.54 Å². The number of hydrogen-bond donors (Lipinski definition) is 1. The molecule has 8 heteroatoms. The lowest BCUT2D eigenvalue weighted by molar-refractivity contribution is -0.152. The standard InChI is InChI=1S/C13H21NO6S/c1-20-13(4-2-5-13)7-11(15)14(8-12(16)17)10-3-6-21(18,19)9-10/h10H,2-9H2,1H3,(H,16,17). The first-order valence-corrected chi connectivity index (χ1v) is 8.86. The van der Waals surface area contributed by atoms with Crippen molar-refractivity contribution in [2.45, 2.75) is 43.7 Å². The number of aliphatic carboxylic acids is 1. The average molecular weight is 319 g/mol. The van der Waals surface area contributed by atoms with Crippen molar-refractivity contribution in [3.8, 4) is 0 Å². The normalized spacial score (nSPS) is 26.0. The molecule has 1 amide bonds. The summed E-state index contributed by atoms with van der Waals surface area (Å²) in [6.07, 6.45) is 2.96. The third-order valence-electron chi connectivity index (χ3n) is 4.45. The predicted octanol–water partition coefficient (Wildman–Crippen LogP) is 0.0459. The third kappa shape index (κ3) is 3.74. The van der Waals surface area contributed by atoms with Gasteiger partial charge in [0.05, 0.1) is 23.5 Å². The van der Waals surface area contributed by atoms with Gasteiger partial charge in [0.15, 0.2) is 9.84 Å². The van der Waals surface area contributed by atoms with Crippen LogP contribution in [0.3, 0.4) is 0 Å². The highest BCUT2D eigenvalue weighted by atomic mass is 32.2. The molecule has 0 spiro atoms. The van der Waals surface area contributed by atoms with E-state index in [0.717, 1.165) is 19.3 Å². The van der Waals surface area contributed by atoms with E-state index in [1.54, 1.807) is 7.11 Å². The summed E-state index contributed by atoms with van der Waals surface area (Å²) >= 11 is 0. The van der Waals surface area contributed by atoms with Crippen LogP contribution in [-0.4, -0.2) is 67.1 Å². The Bertz CT molecular complexity index is 519. The van der Waals surface area contributed by atoms with Gasteiger partial charge in [0.2, 0.25) is 5.91 Å². The van der Waals surface area contributed by atoms with Gasteiger partial charge in [-0.3, -0.25) is 9.59 Å². The maximum Gasteiger partial charge on any atom is 0.323 e. The van der Waals surface area contributed by atoms with Crippen LogP contribution in [0.25, 0.3) is 0 Å². The number of sulfone groups is 1. The molecule has 0 aromatic carbocycles. The van der Waals surface area contributed by atoms with Crippen molar-refractivity contribution in [3.05, 3.63) is 0 Å². The van der Waals surface area contributed by atoms with Gasteiger partial charge >= 0.3 is 5.97 Å². The van der Waals surface area contributed by atoms with Crippen LogP contribution in [0.2, 0.25) is 0 Å². The Morgan fingerprint density at radius 1 is 1.38 bits per heavy atom. The van der Waals surface area contributed by atoms with Crippen LogP contribution >= 0.6 is 0 Å². The summed E-state index contributed by atoms with van der Waals surface area (Å²) < 4.78 is 28.5. The summed E-state index contributed by atoms with van der Waals surface area (Å²) in [5.41, 5.74) is -0.495. The molecule has 1 heterocycles. The van der Waals surface area contributed by atoms with E-state index < -0.39 is 34.0 Å². The number of rotatable bonds is 6. The van der Waals surface area contributed by atoms with E-state index in [9.17, 15) is 18.0 Å². The first-order chi connectivity index (χ1) is 9.77. The fraction of sp³-hybridized carbons (Fsp3) is 0.846. The van der Waals surface area contributed by atoms with Crippen LogP contribution < -0.4 is 0 Å². The first kappa shape index (κ1) is 16.2. The van der Waals surface area contributed by atoms with E-state index in [0.29, 0.717) is 6.42 Å². The minimum atomic E-state index is -3.17. The molecule has 1 saturated heterocycles. The SMILES string of the molecule is COC1(CC(=O)N(CC(=O)O)C2CCS(=O)(=O)C2)CCC1. The second-order valence-electron chi connectivity index (χ2n) is 5.89. The topological polar surface area (TPSA) is 101 Å². The Balaban J connectivity index is 2.08. The molecule has 1 aliphatic carbocycles. The number of carbonyl (C=O) groups excluding carboxylic acids is 1. The van der Waals surface area contributed by atoms with Crippen LogP contribution in [0.4, 0.5) is 0 Å². The van der Waals surface area contributed by atoms with E-state index in [1.165, 1.54) is 4.90 Å². The number of ether oxygens (including phenoxy) is 1. The second kappa shape index (κ2) is 5.92. The smallest absolute Gasteiger partial charge is 0.323 e. The molecule has 21 heavy (non-hydrogen) atoms. The number of nitrogens with zero attached hydrogens (tertiary/aromatic N) is 1. The zero-order valence-corrected chi connectivity index (χ0v) is 12.9. The molecular formula is C13H21NO6S. The molecule has 120 valence electrons. The van der Waals surface area contributed by atoms with Crippen molar-refractivity contribution in [3.63, 3.8) is 0 Å². The van der Waals surface area contributed by atoms with Gasteiger partial charge in [0.25, 0.3) is 0 Å². The molecule has 0 bridgehead atoms. The number of carboxylic acids is 1. The van der Waals surface area contributed by atoms with E-state index in [4.69, 9.17) is 9.84 Å². The van der Waals surface area contributed by atoms with Gasteiger partial charge in [-0.15, -0.1) is 0 Å². The highest BCUT2D eigenvalue weighted by molar-refractivity contribution is 7.91. The van der Waals surface area contributed by atoms with Crippen molar-refractivity contribution >= 4 is 21.7 Å². The van der Waals surface area contributed by atoms with E-state index in [2.05, 4.69) is 0 Å². The van der Waals surface area contributed by atoms with E-state index in [-0.39, 0.29) is 23.8 Å². The van der Waals surface area contributed by atoms with Crippen LogP contribution in [0.5, 0.6) is 0 Å². The Morgan fingerprint density at radius 3 is 2.43 bits per heavy atom. The lowest BCUT2D eigenvalue weighted by Gasteiger charge is -2.41. The van der Waals surface area contributed by atoms with Crippen LogP contribution in [0.15, 0.2) is 0 Å². The molecule has 0 aromatic rings. The number of carboxylic acid groups (broad SMARTS) is 1. The lowest BCUT2D eigenvalue weighted by Crippen LogP contribution is -2.49. The molecule has 0 aromatic heterocycles. The van der Waals surface area contributed by atoms with Crippen LogP contribution in [0.1, 0.15) is 32.1 Å². The van der Waals surface area contributed by atoms with E-state index >= 15 is 0 Å². The summed E-state index contributed by atoms with van der Waals surface area (Å²) in [4.78, 5) is 24.6. The largest absolute Gasteiger partial charge is 0.480 e. The quantitative estimate of drug-likeness (QED) is 0.742. The van der Waals surface area contributed by atoms with Gasteiger partial charge in [0, 0.05) is 13.2 Å². The summed E-state index contributed by atoms with van der Waals surface area (Å²) in [5.74, 6) is -1.60. The highest BCUT2D eigenvalue weighted by Crippen LogP contribution is 2.38. The zero-order valence-electron chi connectivity index (χ0n) is 12.1. The predicted molar refractivity (Wildman–Crippen MR) is 74.6 cm³/mol. The Morgan fingerprint density at radius 2 is 2.05 bits per heavy atom. The van der Waals surface area contributed by atoms with Crippen molar-refractivity contribution in [2.24, 2.45) is 0 Å². The molecule has 1 aliphatic heterocycles. The van der Waals surface area contributed by atoms with Crippen molar-refractivity contribution in [1.82, 2.24) is 4.90 Å². The molecule has 1 N–H and O–H groups in total. The summed E-state index contributed by atoms with van der Waals surface area (Å²) in [6, 6.07) is -0.535. The van der Waals surface area contributed by atoms with Crippen molar-refractivity contribution in [2.75, 3.05) is 25.2 Å². The average Bonchev–Trinajstić information content (AvgIpc) is 2.70. The fourth-order valence-corrected chi connectivity index (χ4v) is 4.72. The minimum absolute atomic E-state index is 0.0104. The molecule has 2 rings (SSSR count). The summed E-state index contributed by atoms with van der Waals surface area (Å²) in [6.45, 7) is -0.460. The van der Waals surface area contributed by atoms with Crippen LogP contribution in [-0.2, 0) is 24.2 Å². The minimum Gasteiger partial charge on any atom is -0.480 e. The number of methoxy groups -OCH3 is 1. The number of hydrogen-bond acceptors (Lipinski definition) is 5. The summed E-state index contributed by atoms with van der Waals surface area (Å²) in [5, 5.41) is 8.98. The Labute approximate surface area is 124 Å². The third-order valence-corrected chi connectivity index (χ3v) is 6.20. The maximum atomic E-state index is 12.4. The van der Waals surface area contributed by atoms with E-state index in [1.807, 2.05) is 0 Å². The Kier molecular flexibility index (Phi) is 4.57. The monoisotopic (exact) mass is 319 g/mol.